The Kier molecular flexibility index (Phi) is 13.6. The van der Waals surface area contributed by atoms with E-state index in [9.17, 15) is 28.8 Å². The van der Waals surface area contributed by atoms with Crippen LogP contribution in [0.25, 0.3) is 0 Å². The molecule has 5 amide bonds. The van der Waals surface area contributed by atoms with Crippen LogP contribution in [0.3, 0.4) is 0 Å². The minimum Gasteiger partial charge on any atom is -0.480 e. The predicted octanol–water partition coefficient (Wildman–Crippen LogP) is -1.38. The summed E-state index contributed by atoms with van der Waals surface area (Å²) in [7, 11) is 0. The van der Waals surface area contributed by atoms with Gasteiger partial charge in [-0.2, -0.15) is 0 Å². The lowest BCUT2D eigenvalue weighted by Gasteiger charge is -2.24. The molecule has 1 aliphatic rings. The Morgan fingerprint density at radius 3 is 1.86 bits per heavy atom. The summed E-state index contributed by atoms with van der Waals surface area (Å²) >= 11 is 0. The molecular formula is C24H42N6O7. The monoisotopic (exact) mass is 526 g/mol. The third kappa shape index (κ3) is 12.5. The van der Waals surface area contributed by atoms with E-state index in [4.69, 9.17) is 5.11 Å². The molecule has 0 bridgehead atoms. The molecule has 4 atom stereocenters. The van der Waals surface area contributed by atoms with Crippen molar-refractivity contribution in [3.63, 3.8) is 0 Å². The fourth-order valence-electron chi connectivity index (χ4n) is 3.82. The highest BCUT2D eigenvalue weighted by atomic mass is 16.4. The van der Waals surface area contributed by atoms with Gasteiger partial charge in [0.2, 0.25) is 29.5 Å². The third-order valence-electron chi connectivity index (χ3n) is 5.66. The van der Waals surface area contributed by atoms with Crippen LogP contribution >= 0.6 is 0 Å². The Balaban J connectivity index is 2.68. The van der Waals surface area contributed by atoms with Crippen molar-refractivity contribution in [3.8, 4) is 0 Å². The van der Waals surface area contributed by atoms with Crippen molar-refractivity contribution in [2.24, 2.45) is 11.8 Å². The van der Waals surface area contributed by atoms with E-state index in [0.29, 0.717) is 12.8 Å². The van der Waals surface area contributed by atoms with Gasteiger partial charge in [-0.25, -0.2) is 0 Å². The summed E-state index contributed by atoms with van der Waals surface area (Å²) < 4.78 is 0. The van der Waals surface area contributed by atoms with Gasteiger partial charge >= 0.3 is 5.97 Å². The minimum atomic E-state index is -1.22. The molecule has 1 aliphatic heterocycles. The Morgan fingerprint density at radius 2 is 1.35 bits per heavy atom. The smallest absolute Gasteiger partial charge is 0.322 e. The van der Waals surface area contributed by atoms with Gasteiger partial charge < -0.3 is 37.0 Å². The molecule has 1 rings (SSSR count). The van der Waals surface area contributed by atoms with Crippen LogP contribution in [0.1, 0.15) is 60.3 Å². The Morgan fingerprint density at radius 1 is 0.784 bits per heavy atom. The van der Waals surface area contributed by atoms with E-state index in [2.05, 4.69) is 31.9 Å². The first-order chi connectivity index (χ1) is 17.3. The zero-order valence-electron chi connectivity index (χ0n) is 22.3. The van der Waals surface area contributed by atoms with E-state index >= 15 is 0 Å². The molecule has 0 aromatic carbocycles. The van der Waals surface area contributed by atoms with Gasteiger partial charge in [0.1, 0.15) is 24.7 Å². The van der Waals surface area contributed by atoms with Crippen molar-refractivity contribution in [3.05, 3.63) is 0 Å². The molecule has 13 nitrogen and oxygen atoms in total. The maximum Gasteiger partial charge on any atom is 0.322 e. The summed E-state index contributed by atoms with van der Waals surface area (Å²) in [4.78, 5) is 73.1. The summed E-state index contributed by atoms with van der Waals surface area (Å²) in [6.07, 6.45) is 2.25. The summed E-state index contributed by atoms with van der Waals surface area (Å²) in [5.74, 6) is -3.72. The molecule has 1 heterocycles. The van der Waals surface area contributed by atoms with Gasteiger partial charge in [-0.1, -0.05) is 27.7 Å². The molecule has 1 fully saturated rings. The highest BCUT2D eigenvalue weighted by Gasteiger charge is 2.29. The molecule has 210 valence electrons. The minimum absolute atomic E-state index is 0.0246. The molecule has 0 unspecified atom stereocenters. The lowest BCUT2D eigenvalue weighted by Crippen LogP contribution is -2.56. The van der Waals surface area contributed by atoms with E-state index in [-0.39, 0.29) is 30.2 Å². The molecule has 13 heteroatoms. The van der Waals surface area contributed by atoms with E-state index in [1.54, 1.807) is 0 Å². The standard InChI is InChI=1S/C24H42N6O7/c1-13(2)9-17(30-23(36)16-7-6-8-25-16)22(35)26-11-19(31)29-18(10-14(3)4)24(37)28-15(5)21(34)27-12-20(32)33/h13-18,25H,6-12H2,1-5H3,(H,26,35)(H,27,34)(H,28,37)(H,29,31)(H,30,36)(H,32,33)/t15-,16-,17-,18-/m0/s1. The van der Waals surface area contributed by atoms with Gasteiger partial charge in [0, 0.05) is 0 Å². The van der Waals surface area contributed by atoms with Crippen molar-refractivity contribution in [2.75, 3.05) is 19.6 Å². The van der Waals surface area contributed by atoms with Gasteiger partial charge in [-0.3, -0.25) is 28.8 Å². The summed E-state index contributed by atoms with van der Waals surface area (Å²) in [5, 5.41) is 24.3. The van der Waals surface area contributed by atoms with E-state index in [0.717, 1.165) is 13.0 Å². The molecule has 37 heavy (non-hydrogen) atoms. The average molecular weight is 527 g/mol. The summed E-state index contributed by atoms with van der Waals surface area (Å²) in [5.41, 5.74) is 0. The Labute approximate surface area is 217 Å². The van der Waals surface area contributed by atoms with Crippen molar-refractivity contribution >= 4 is 35.5 Å². The number of carboxylic acids is 1. The first-order valence-electron chi connectivity index (χ1n) is 12.7. The van der Waals surface area contributed by atoms with Crippen molar-refractivity contribution in [1.29, 1.82) is 0 Å². The SMILES string of the molecule is CC(C)C[C@H](NC(=O)CNC(=O)[C@H](CC(C)C)NC(=O)[C@@H]1CCCN1)C(=O)N[C@@H](C)C(=O)NCC(=O)O. The van der Waals surface area contributed by atoms with Crippen LogP contribution in [0.2, 0.25) is 0 Å². The molecule has 1 saturated heterocycles. The number of amides is 5. The van der Waals surface area contributed by atoms with Crippen LogP contribution in [-0.2, 0) is 28.8 Å². The fraction of sp³-hybridized carbons (Fsp3) is 0.750. The molecule has 0 spiro atoms. The van der Waals surface area contributed by atoms with Gasteiger partial charge in [0.25, 0.3) is 0 Å². The highest BCUT2D eigenvalue weighted by molar-refractivity contribution is 5.94. The zero-order chi connectivity index (χ0) is 28.1. The molecule has 0 aliphatic carbocycles. The van der Waals surface area contributed by atoms with Crippen molar-refractivity contribution in [1.82, 2.24) is 31.9 Å². The summed E-state index contributed by atoms with van der Waals surface area (Å²) in [6, 6.07) is -3.14. The van der Waals surface area contributed by atoms with Crippen molar-refractivity contribution in [2.45, 2.75) is 84.5 Å². The molecular weight excluding hydrogens is 484 g/mol. The van der Waals surface area contributed by atoms with Gasteiger partial charge in [0.15, 0.2) is 0 Å². The Bertz CT molecular complexity index is 826. The fourth-order valence-corrected chi connectivity index (χ4v) is 3.82. The number of carbonyl (C=O) groups is 6. The number of hydrogen-bond acceptors (Lipinski definition) is 7. The van der Waals surface area contributed by atoms with E-state index < -0.39 is 60.8 Å². The molecule has 7 N–H and O–H groups in total. The lowest BCUT2D eigenvalue weighted by molar-refractivity contribution is -0.138. The van der Waals surface area contributed by atoms with Gasteiger partial charge in [-0.15, -0.1) is 0 Å². The Hall–Kier alpha value is -3.22. The number of carboxylic acid groups (broad SMARTS) is 1. The van der Waals surface area contributed by atoms with Crippen LogP contribution in [0.15, 0.2) is 0 Å². The van der Waals surface area contributed by atoms with Gasteiger partial charge in [-0.05, 0) is 51.0 Å². The van der Waals surface area contributed by atoms with E-state index in [1.165, 1.54) is 6.92 Å². The van der Waals surface area contributed by atoms with Crippen molar-refractivity contribution < 1.29 is 33.9 Å². The van der Waals surface area contributed by atoms with E-state index in [1.807, 2.05) is 27.7 Å². The number of aliphatic carboxylic acids is 1. The topological polar surface area (TPSA) is 195 Å². The molecule has 0 radical (unpaired) electrons. The van der Waals surface area contributed by atoms with Crippen LogP contribution in [-0.4, -0.2) is 84.4 Å². The first-order valence-corrected chi connectivity index (χ1v) is 12.7. The summed E-state index contributed by atoms with van der Waals surface area (Å²) in [6.45, 7) is 8.72. The van der Waals surface area contributed by atoms with Crippen LogP contribution in [0, 0.1) is 11.8 Å². The predicted molar refractivity (Wildman–Crippen MR) is 135 cm³/mol. The van der Waals surface area contributed by atoms with Crippen LogP contribution in [0.4, 0.5) is 0 Å². The number of carbonyl (C=O) groups excluding carboxylic acids is 5. The largest absolute Gasteiger partial charge is 0.480 e. The van der Waals surface area contributed by atoms with Gasteiger partial charge in [0.05, 0.1) is 12.6 Å². The maximum atomic E-state index is 12.8. The second-order valence-electron chi connectivity index (χ2n) is 10.1. The number of rotatable bonds is 15. The molecule has 0 saturated carbocycles. The number of nitrogens with one attached hydrogen (secondary N) is 6. The second kappa shape index (κ2) is 15.8. The third-order valence-corrected chi connectivity index (χ3v) is 5.66. The molecule has 0 aromatic heterocycles. The maximum absolute atomic E-state index is 12.8. The van der Waals surface area contributed by atoms with Crippen LogP contribution in [0.5, 0.6) is 0 Å². The highest BCUT2D eigenvalue weighted by Crippen LogP contribution is 2.09. The lowest BCUT2D eigenvalue weighted by atomic mass is 10.0. The average Bonchev–Trinajstić information content (AvgIpc) is 3.34. The zero-order valence-corrected chi connectivity index (χ0v) is 22.3. The quantitative estimate of drug-likeness (QED) is 0.136. The first kappa shape index (κ1) is 31.8. The second-order valence-corrected chi connectivity index (χ2v) is 10.1. The van der Waals surface area contributed by atoms with Crippen LogP contribution < -0.4 is 31.9 Å². The normalized spacial score (nSPS) is 17.4. The molecule has 0 aromatic rings. The number of hydrogen-bond donors (Lipinski definition) is 7.